The second-order valence-electron chi connectivity index (χ2n) is 7.03. The largest absolute Gasteiger partial charge is 0.336 e. The van der Waals surface area contributed by atoms with Crippen LogP contribution in [0.15, 0.2) is 24.3 Å². The van der Waals surface area contributed by atoms with Crippen LogP contribution in [-0.2, 0) is 9.59 Å². The zero-order valence-electron chi connectivity index (χ0n) is 15.1. The number of nitrogens with one attached hydrogen (secondary N) is 1. The maximum absolute atomic E-state index is 13.1. The average molecular weight is 372 g/mol. The van der Waals surface area contributed by atoms with E-state index in [-0.39, 0.29) is 0 Å². The standard InChI is InChI=1S/C19H21FN4O3/c1-13-17(26)23(18(27)24(13)15-7-5-14(20)6-8-15)11-16(25)22-19(12-21)9-3-2-4-10-19/h5-8,13H,2-4,9-11H2,1H3,(H,22,25). The maximum Gasteiger partial charge on any atom is 0.332 e. The first-order valence-electron chi connectivity index (χ1n) is 8.99. The van der Waals surface area contributed by atoms with Crippen molar-refractivity contribution in [2.45, 2.75) is 50.6 Å². The molecule has 0 spiro atoms. The molecule has 1 aliphatic heterocycles. The second kappa shape index (κ2) is 7.35. The fourth-order valence-corrected chi connectivity index (χ4v) is 3.68. The SMILES string of the molecule is CC1C(=O)N(CC(=O)NC2(C#N)CCCCC2)C(=O)N1c1ccc(F)cc1. The van der Waals surface area contributed by atoms with Crippen molar-refractivity contribution in [1.82, 2.24) is 10.2 Å². The molecule has 27 heavy (non-hydrogen) atoms. The molecule has 8 heteroatoms. The number of carbonyl (C=O) groups is 3. The van der Waals surface area contributed by atoms with E-state index < -0.39 is 41.8 Å². The minimum absolute atomic E-state index is 0.380. The predicted molar refractivity (Wildman–Crippen MR) is 95.0 cm³/mol. The van der Waals surface area contributed by atoms with Crippen LogP contribution in [0.25, 0.3) is 0 Å². The molecule has 3 rings (SSSR count). The molecular formula is C19H21FN4O3. The van der Waals surface area contributed by atoms with Crippen LogP contribution in [0.2, 0.25) is 0 Å². The Morgan fingerprint density at radius 2 is 1.89 bits per heavy atom. The number of hydrogen-bond donors (Lipinski definition) is 1. The Labute approximate surface area is 156 Å². The smallest absolute Gasteiger partial charge is 0.332 e. The van der Waals surface area contributed by atoms with Crippen LogP contribution in [0.3, 0.4) is 0 Å². The summed E-state index contributed by atoms with van der Waals surface area (Å²) in [5, 5.41) is 12.2. The molecule has 1 atom stereocenters. The molecule has 142 valence electrons. The van der Waals surface area contributed by atoms with Gasteiger partial charge < -0.3 is 5.32 Å². The normalized spacial score (nSPS) is 21.9. The third kappa shape index (κ3) is 3.63. The summed E-state index contributed by atoms with van der Waals surface area (Å²) in [5.41, 5.74) is -0.547. The number of halogens is 1. The first-order valence-corrected chi connectivity index (χ1v) is 8.99. The minimum atomic E-state index is -0.927. The molecule has 1 aromatic rings. The number of rotatable bonds is 4. The summed E-state index contributed by atoms with van der Waals surface area (Å²) < 4.78 is 13.1. The molecule has 2 aliphatic rings. The number of urea groups is 1. The average Bonchev–Trinajstić information content (AvgIpc) is 2.87. The fourth-order valence-electron chi connectivity index (χ4n) is 3.68. The van der Waals surface area contributed by atoms with Crippen molar-refractivity contribution < 1.29 is 18.8 Å². The highest BCUT2D eigenvalue weighted by Gasteiger charge is 2.44. The van der Waals surface area contributed by atoms with Crippen molar-refractivity contribution in [3.63, 3.8) is 0 Å². The lowest BCUT2D eigenvalue weighted by molar-refractivity contribution is -0.132. The molecule has 1 heterocycles. The van der Waals surface area contributed by atoms with E-state index in [1.807, 2.05) is 0 Å². The Balaban J connectivity index is 1.72. The quantitative estimate of drug-likeness (QED) is 0.821. The van der Waals surface area contributed by atoms with Gasteiger partial charge in [-0.2, -0.15) is 5.26 Å². The Morgan fingerprint density at radius 1 is 1.26 bits per heavy atom. The van der Waals surface area contributed by atoms with Gasteiger partial charge in [0.15, 0.2) is 0 Å². The van der Waals surface area contributed by atoms with Gasteiger partial charge in [-0.25, -0.2) is 9.18 Å². The molecule has 1 unspecified atom stereocenters. The van der Waals surface area contributed by atoms with Crippen molar-refractivity contribution in [2.75, 3.05) is 11.4 Å². The molecular weight excluding hydrogens is 351 g/mol. The predicted octanol–water partition coefficient (Wildman–Crippen LogP) is 2.33. The topological polar surface area (TPSA) is 93.5 Å². The number of nitrogens with zero attached hydrogens (tertiary/aromatic N) is 3. The zero-order valence-corrected chi connectivity index (χ0v) is 15.1. The molecule has 0 radical (unpaired) electrons. The van der Waals surface area contributed by atoms with E-state index in [0.717, 1.165) is 24.2 Å². The van der Waals surface area contributed by atoms with Crippen LogP contribution < -0.4 is 10.2 Å². The van der Waals surface area contributed by atoms with E-state index in [1.54, 1.807) is 6.92 Å². The number of nitriles is 1. The van der Waals surface area contributed by atoms with E-state index in [2.05, 4.69) is 11.4 Å². The molecule has 2 fully saturated rings. The Kier molecular flexibility index (Phi) is 5.13. The maximum atomic E-state index is 13.1. The molecule has 1 aliphatic carbocycles. The molecule has 1 saturated heterocycles. The molecule has 0 bridgehead atoms. The number of benzene rings is 1. The number of imide groups is 1. The third-order valence-electron chi connectivity index (χ3n) is 5.15. The van der Waals surface area contributed by atoms with Gasteiger partial charge in [-0.3, -0.25) is 19.4 Å². The van der Waals surface area contributed by atoms with E-state index in [4.69, 9.17) is 0 Å². The highest BCUT2D eigenvalue weighted by Crippen LogP contribution is 2.28. The summed E-state index contributed by atoms with van der Waals surface area (Å²) in [6, 6.07) is 5.97. The lowest BCUT2D eigenvalue weighted by Crippen LogP contribution is -2.52. The van der Waals surface area contributed by atoms with Gasteiger partial charge in [-0.05, 0) is 44.0 Å². The Hall–Kier alpha value is -2.95. The van der Waals surface area contributed by atoms with Crippen molar-refractivity contribution in [2.24, 2.45) is 0 Å². The van der Waals surface area contributed by atoms with E-state index >= 15 is 0 Å². The van der Waals surface area contributed by atoms with Gasteiger partial charge in [0.25, 0.3) is 5.91 Å². The first kappa shape index (κ1) is 18.8. The summed E-state index contributed by atoms with van der Waals surface area (Å²) >= 11 is 0. The molecule has 1 aromatic carbocycles. The molecule has 4 amide bonds. The van der Waals surface area contributed by atoms with Crippen molar-refractivity contribution in [3.8, 4) is 6.07 Å². The third-order valence-corrected chi connectivity index (χ3v) is 5.15. The molecule has 1 N–H and O–H groups in total. The summed E-state index contributed by atoms with van der Waals surface area (Å²) in [4.78, 5) is 39.7. The van der Waals surface area contributed by atoms with Gasteiger partial charge in [0.05, 0.1) is 6.07 Å². The van der Waals surface area contributed by atoms with E-state index in [1.165, 1.54) is 29.2 Å². The van der Waals surface area contributed by atoms with Gasteiger partial charge in [0.1, 0.15) is 23.9 Å². The van der Waals surface area contributed by atoms with Crippen LogP contribution in [-0.4, -0.2) is 40.9 Å². The fraction of sp³-hybridized carbons (Fsp3) is 0.474. The van der Waals surface area contributed by atoms with Crippen LogP contribution in [0.1, 0.15) is 39.0 Å². The van der Waals surface area contributed by atoms with Gasteiger partial charge in [-0.15, -0.1) is 0 Å². The van der Waals surface area contributed by atoms with E-state index in [0.29, 0.717) is 18.5 Å². The molecule has 1 saturated carbocycles. The Morgan fingerprint density at radius 3 is 2.48 bits per heavy atom. The highest BCUT2D eigenvalue weighted by atomic mass is 19.1. The molecule has 0 aromatic heterocycles. The van der Waals surface area contributed by atoms with Gasteiger partial charge in [0.2, 0.25) is 5.91 Å². The van der Waals surface area contributed by atoms with Crippen LogP contribution in [0.4, 0.5) is 14.9 Å². The lowest BCUT2D eigenvalue weighted by atomic mass is 9.83. The summed E-state index contributed by atoms with van der Waals surface area (Å²) in [7, 11) is 0. The summed E-state index contributed by atoms with van der Waals surface area (Å²) in [5.74, 6) is -1.49. The lowest BCUT2D eigenvalue weighted by Gasteiger charge is -2.32. The highest BCUT2D eigenvalue weighted by molar-refractivity contribution is 6.15. The zero-order chi connectivity index (χ0) is 19.6. The van der Waals surface area contributed by atoms with Crippen molar-refractivity contribution in [3.05, 3.63) is 30.1 Å². The van der Waals surface area contributed by atoms with Crippen LogP contribution in [0.5, 0.6) is 0 Å². The molecule has 7 nitrogen and oxygen atoms in total. The number of carbonyl (C=O) groups excluding carboxylic acids is 3. The summed E-state index contributed by atoms with van der Waals surface area (Å²) in [6.45, 7) is 1.11. The first-order chi connectivity index (χ1) is 12.9. The monoisotopic (exact) mass is 372 g/mol. The minimum Gasteiger partial charge on any atom is -0.336 e. The van der Waals surface area contributed by atoms with Gasteiger partial charge in [0, 0.05) is 5.69 Å². The van der Waals surface area contributed by atoms with Gasteiger partial charge in [-0.1, -0.05) is 19.3 Å². The van der Waals surface area contributed by atoms with Crippen LogP contribution >= 0.6 is 0 Å². The second-order valence-corrected chi connectivity index (χ2v) is 7.03. The van der Waals surface area contributed by atoms with Crippen molar-refractivity contribution in [1.29, 1.82) is 5.26 Å². The van der Waals surface area contributed by atoms with Crippen molar-refractivity contribution >= 4 is 23.5 Å². The number of anilines is 1. The Bertz CT molecular complexity index is 796. The van der Waals surface area contributed by atoms with Gasteiger partial charge >= 0.3 is 6.03 Å². The number of hydrogen-bond acceptors (Lipinski definition) is 4. The number of amides is 4. The van der Waals surface area contributed by atoms with E-state index in [9.17, 15) is 24.0 Å². The van der Waals surface area contributed by atoms with Crippen LogP contribution in [0, 0.1) is 17.1 Å². The summed E-state index contributed by atoms with van der Waals surface area (Å²) in [6.07, 6.45) is 3.85.